The third-order valence-electron chi connectivity index (χ3n) is 3.99. The number of amides is 1. The molecule has 0 bridgehead atoms. The minimum atomic E-state index is -0.0698. The molecule has 0 aromatic rings. The highest BCUT2D eigenvalue weighted by atomic mass is 16.1. The summed E-state index contributed by atoms with van der Waals surface area (Å²) >= 11 is 0. The average Bonchev–Trinajstić information content (AvgIpc) is 2.24. The third-order valence-corrected chi connectivity index (χ3v) is 3.99. The van der Waals surface area contributed by atoms with Gasteiger partial charge in [-0.25, -0.2) is 0 Å². The van der Waals surface area contributed by atoms with Gasteiger partial charge in [0.2, 0.25) is 5.91 Å². The lowest BCUT2D eigenvalue weighted by molar-refractivity contribution is -0.122. The van der Waals surface area contributed by atoms with Gasteiger partial charge in [0, 0.05) is 23.5 Å². The number of carbonyl (C=O) groups is 1. The Kier molecular flexibility index (Phi) is 3.44. The summed E-state index contributed by atoms with van der Waals surface area (Å²) in [6, 6.07) is 0.184. The van der Waals surface area contributed by atoms with Crippen LogP contribution in [0, 0.1) is 0 Å². The molecule has 0 saturated carbocycles. The lowest BCUT2D eigenvalue weighted by Gasteiger charge is -2.40. The van der Waals surface area contributed by atoms with Gasteiger partial charge in [-0.05, 0) is 33.6 Å². The van der Waals surface area contributed by atoms with Crippen LogP contribution < -0.4 is 10.6 Å². The summed E-state index contributed by atoms with van der Waals surface area (Å²) in [4.78, 5) is 11.7. The SMILES string of the molecule is CCC1(C)CC(=O)NC(C)C(C)(CC)N1. The minimum Gasteiger partial charge on any atom is -0.352 e. The molecule has 1 amide bonds. The van der Waals surface area contributed by atoms with Crippen LogP contribution in [0.15, 0.2) is 0 Å². The molecule has 1 aliphatic rings. The molecule has 0 aromatic carbocycles. The Balaban J connectivity index is 2.97. The van der Waals surface area contributed by atoms with E-state index in [9.17, 15) is 4.79 Å². The second kappa shape index (κ2) is 4.12. The first-order valence-electron chi connectivity index (χ1n) is 5.94. The van der Waals surface area contributed by atoms with Crippen LogP contribution in [0.2, 0.25) is 0 Å². The summed E-state index contributed by atoms with van der Waals surface area (Å²) in [5.74, 6) is 0.163. The van der Waals surface area contributed by atoms with Gasteiger partial charge in [-0.2, -0.15) is 0 Å². The van der Waals surface area contributed by atoms with E-state index in [0.29, 0.717) is 6.42 Å². The van der Waals surface area contributed by atoms with Crippen LogP contribution in [-0.4, -0.2) is 23.0 Å². The maximum atomic E-state index is 11.7. The largest absolute Gasteiger partial charge is 0.352 e. The van der Waals surface area contributed by atoms with Crippen LogP contribution in [-0.2, 0) is 4.79 Å². The average molecular weight is 212 g/mol. The predicted molar refractivity (Wildman–Crippen MR) is 62.7 cm³/mol. The van der Waals surface area contributed by atoms with Crippen molar-refractivity contribution in [1.82, 2.24) is 10.6 Å². The standard InChI is InChI=1S/C12H24N2O/c1-6-11(4)8-10(15)13-9(3)12(5,7-2)14-11/h9,14H,6-8H2,1-5H3,(H,13,15). The molecule has 3 nitrogen and oxygen atoms in total. The van der Waals surface area contributed by atoms with E-state index >= 15 is 0 Å². The van der Waals surface area contributed by atoms with Gasteiger partial charge in [0.05, 0.1) is 0 Å². The van der Waals surface area contributed by atoms with E-state index in [1.54, 1.807) is 0 Å². The third kappa shape index (κ3) is 2.51. The lowest BCUT2D eigenvalue weighted by atomic mass is 9.86. The van der Waals surface area contributed by atoms with Crippen molar-refractivity contribution >= 4 is 5.91 Å². The first-order chi connectivity index (χ1) is 6.85. The second-order valence-electron chi connectivity index (χ2n) is 5.28. The molecule has 1 aliphatic heterocycles. The maximum absolute atomic E-state index is 11.7. The highest BCUT2D eigenvalue weighted by molar-refractivity contribution is 5.78. The quantitative estimate of drug-likeness (QED) is 0.733. The lowest BCUT2D eigenvalue weighted by Crippen LogP contribution is -2.59. The van der Waals surface area contributed by atoms with Crippen molar-refractivity contribution in [2.24, 2.45) is 0 Å². The van der Waals surface area contributed by atoms with Gasteiger partial charge >= 0.3 is 0 Å². The van der Waals surface area contributed by atoms with Crippen LogP contribution in [0.3, 0.4) is 0 Å². The van der Waals surface area contributed by atoms with Crippen molar-refractivity contribution in [2.75, 3.05) is 0 Å². The molecule has 0 aliphatic carbocycles. The summed E-state index contributed by atoms with van der Waals surface area (Å²) in [5, 5.41) is 6.74. The molecule has 0 radical (unpaired) electrons. The molecule has 1 fully saturated rings. The van der Waals surface area contributed by atoms with E-state index in [-0.39, 0.29) is 23.0 Å². The molecule has 3 atom stereocenters. The molecule has 15 heavy (non-hydrogen) atoms. The molecular weight excluding hydrogens is 188 g/mol. The molecule has 1 saturated heterocycles. The Morgan fingerprint density at radius 3 is 2.40 bits per heavy atom. The highest BCUT2D eigenvalue weighted by Gasteiger charge is 2.41. The fourth-order valence-corrected chi connectivity index (χ4v) is 2.26. The fraction of sp³-hybridized carbons (Fsp3) is 0.917. The molecule has 0 spiro atoms. The Morgan fingerprint density at radius 2 is 1.93 bits per heavy atom. The molecule has 1 rings (SSSR count). The van der Waals surface area contributed by atoms with Gasteiger partial charge in [0.25, 0.3) is 0 Å². The number of carbonyl (C=O) groups excluding carboxylic acids is 1. The van der Waals surface area contributed by atoms with Crippen LogP contribution in [0.4, 0.5) is 0 Å². The normalized spacial score (nSPS) is 42.2. The fourth-order valence-electron chi connectivity index (χ4n) is 2.26. The predicted octanol–water partition coefficient (Wildman–Crippen LogP) is 1.82. The molecule has 88 valence electrons. The molecule has 0 aromatic heterocycles. The molecule has 3 unspecified atom stereocenters. The zero-order valence-corrected chi connectivity index (χ0v) is 10.6. The van der Waals surface area contributed by atoms with Crippen molar-refractivity contribution in [3.63, 3.8) is 0 Å². The maximum Gasteiger partial charge on any atom is 0.222 e. The zero-order chi connectivity index (χ0) is 11.7. The first-order valence-corrected chi connectivity index (χ1v) is 5.94. The summed E-state index contributed by atoms with van der Waals surface area (Å²) in [7, 11) is 0. The summed E-state index contributed by atoms with van der Waals surface area (Å²) in [5.41, 5.74) is -0.0729. The second-order valence-corrected chi connectivity index (χ2v) is 5.28. The van der Waals surface area contributed by atoms with E-state index in [1.165, 1.54) is 0 Å². The number of hydrogen-bond donors (Lipinski definition) is 2. The van der Waals surface area contributed by atoms with Gasteiger partial charge in [0.1, 0.15) is 0 Å². The smallest absolute Gasteiger partial charge is 0.222 e. The van der Waals surface area contributed by atoms with E-state index in [2.05, 4.69) is 45.3 Å². The van der Waals surface area contributed by atoms with Gasteiger partial charge in [-0.3, -0.25) is 4.79 Å². The van der Waals surface area contributed by atoms with Crippen LogP contribution in [0.5, 0.6) is 0 Å². The van der Waals surface area contributed by atoms with Crippen molar-refractivity contribution < 1.29 is 4.79 Å². The van der Waals surface area contributed by atoms with E-state index in [0.717, 1.165) is 12.8 Å². The van der Waals surface area contributed by atoms with Crippen molar-refractivity contribution in [1.29, 1.82) is 0 Å². The summed E-state index contributed by atoms with van der Waals surface area (Å²) in [6.45, 7) is 10.7. The van der Waals surface area contributed by atoms with Crippen LogP contribution in [0.25, 0.3) is 0 Å². The zero-order valence-electron chi connectivity index (χ0n) is 10.6. The Bertz CT molecular complexity index is 254. The van der Waals surface area contributed by atoms with Gasteiger partial charge in [0.15, 0.2) is 0 Å². The monoisotopic (exact) mass is 212 g/mol. The molecule has 2 N–H and O–H groups in total. The Morgan fingerprint density at radius 1 is 1.33 bits per heavy atom. The summed E-state index contributed by atoms with van der Waals surface area (Å²) in [6.07, 6.45) is 2.57. The van der Waals surface area contributed by atoms with E-state index in [1.807, 2.05) is 0 Å². The van der Waals surface area contributed by atoms with Gasteiger partial charge in [-0.15, -0.1) is 0 Å². The minimum absolute atomic E-state index is 0.00306. The van der Waals surface area contributed by atoms with Crippen molar-refractivity contribution in [3.05, 3.63) is 0 Å². The number of rotatable bonds is 2. The van der Waals surface area contributed by atoms with E-state index < -0.39 is 0 Å². The van der Waals surface area contributed by atoms with Crippen molar-refractivity contribution in [3.8, 4) is 0 Å². The topological polar surface area (TPSA) is 41.1 Å². The molecular formula is C12H24N2O. The summed E-state index contributed by atoms with van der Waals surface area (Å²) < 4.78 is 0. The highest BCUT2D eigenvalue weighted by Crippen LogP contribution is 2.26. The van der Waals surface area contributed by atoms with E-state index in [4.69, 9.17) is 0 Å². The Hall–Kier alpha value is -0.570. The first kappa shape index (κ1) is 12.5. The van der Waals surface area contributed by atoms with Crippen molar-refractivity contribution in [2.45, 2.75) is 71.0 Å². The number of nitrogens with one attached hydrogen (secondary N) is 2. The number of hydrogen-bond acceptors (Lipinski definition) is 2. The van der Waals surface area contributed by atoms with Gasteiger partial charge < -0.3 is 10.6 Å². The molecule has 3 heteroatoms. The molecule has 1 heterocycles. The van der Waals surface area contributed by atoms with Crippen LogP contribution >= 0.6 is 0 Å². The van der Waals surface area contributed by atoms with Crippen LogP contribution in [0.1, 0.15) is 53.9 Å². The van der Waals surface area contributed by atoms with Gasteiger partial charge in [-0.1, -0.05) is 13.8 Å². The Labute approximate surface area is 93.0 Å².